The van der Waals surface area contributed by atoms with E-state index < -0.39 is 0 Å². The Kier molecular flexibility index (Phi) is 6.21. The highest BCUT2D eigenvalue weighted by atomic mass is 32.1. The van der Waals surface area contributed by atoms with Gasteiger partial charge in [0, 0.05) is 39.1 Å². The molecule has 2 heterocycles. The minimum atomic E-state index is 0.270. The zero-order valence-corrected chi connectivity index (χ0v) is 15.2. The van der Waals surface area contributed by atoms with Gasteiger partial charge in [0.15, 0.2) is 0 Å². The molecule has 0 saturated carbocycles. The molecule has 1 amide bonds. The Hall–Kier alpha value is -2.16. The second-order valence-corrected chi connectivity index (χ2v) is 7.23. The van der Waals surface area contributed by atoms with Crippen LogP contribution in [0.5, 0.6) is 0 Å². The maximum absolute atomic E-state index is 12.5. The summed E-state index contributed by atoms with van der Waals surface area (Å²) < 4.78 is 0. The molecule has 3 rings (SSSR count). The number of carbonyl (C=O) groups is 1. The number of nitriles is 1. The number of rotatable bonds is 5. The van der Waals surface area contributed by atoms with Crippen LogP contribution in [0.25, 0.3) is 0 Å². The van der Waals surface area contributed by atoms with Gasteiger partial charge in [0.2, 0.25) is 5.91 Å². The molecular formula is C20H23N3OS. The first-order chi connectivity index (χ1) is 12.2. The van der Waals surface area contributed by atoms with Crippen LogP contribution < -0.4 is 0 Å². The molecule has 0 aliphatic carbocycles. The monoisotopic (exact) mass is 353 g/mol. The van der Waals surface area contributed by atoms with Crippen LogP contribution in [0.15, 0.2) is 41.1 Å². The summed E-state index contributed by atoms with van der Waals surface area (Å²) in [7, 11) is 0. The fraction of sp³-hybridized carbons (Fsp3) is 0.400. The molecule has 1 aromatic heterocycles. The summed E-state index contributed by atoms with van der Waals surface area (Å²) in [4.78, 5) is 16.9. The molecule has 4 nitrogen and oxygen atoms in total. The van der Waals surface area contributed by atoms with Gasteiger partial charge in [-0.2, -0.15) is 16.6 Å². The number of nitrogens with zero attached hydrogens (tertiary/aromatic N) is 3. The quantitative estimate of drug-likeness (QED) is 0.829. The van der Waals surface area contributed by atoms with Crippen molar-refractivity contribution in [1.29, 1.82) is 5.26 Å². The van der Waals surface area contributed by atoms with Gasteiger partial charge in [-0.25, -0.2) is 0 Å². The summed E-state index contributed by atoms with van der Waals surface area (Å²) in [5.41, 5.74) is 3.17. The fourth-order valence-corrected chi connectivity index (χ4v) is 3.87. The van der Waals surface area contributed by atoms with Crippen molar-refractivity contribution >= 4 is 17.2 Å². The van der Waals surface area contributed by atoms with Crippen LogP contribution in [0.1, 0.15) is 29.5 Å². The van der Waals surface area contributed by atoms with Crippen LogP contribution in [0.2, 0.25) is 0 Å². The van der Waals surface area contributed by atoms with Crippen LogP contribution in [0, 0.1) is 11.3 Å². The van der Waals surface area contributed by atoms with E-state index in [0.29, 0.717) is 12.0 Å². The van der Waals surface area contributed by atoms with E-state index >= 15 is 0 Å². The summed E-state index contributed by atoms with van der Waals surface area (Å²) in [6, 6.07) is 12.0. The number of aryl methyl sites for hydroxylation is 1. The lowest BCUT2D eigenvalue weighted by Crippen LogP contribution is -2.35. The zero-order valence-electron chi connectivity index (χ0n) is 14.4. The highest BCUT2D eigenvalue weighted by Gasteiger charge is 2.19. The normalized spacial score (nSPS) is 15.6. The van der Waals surface area contributed by atoms with Crippen LogP contribution in [0.3, 0.4) is 0 Å². The van der Waals surface area contributed by atoms with Crippen molar-refractivity contribution in [3.8, 4) is 6.07 Å². The average molecular weight is 353 g/mol. The number of carbonyl (C=O) groups excluding carboxylic acids is 1. The molecule has 0 bridgehead atoms. The van der Waals surface area contributed by atoms with Crippen molar-refractivity contribution in [3.63, 3.8) is 0 Å². The highest BCUT2D eigenvalue weighted by Crippen LogP contribution is 2.13. The number of benzene rings is 1. The number of hydrogen-bond acceptors (Lipinski definition) is 4. The predicted molar refractivity (Wildman–Crippen MR) is 100 cm³/mol. The number of thiophene rings is 1. The van der Waals surface area contributed by atoms with E-state index in [1.807, 2.05) is 29.2 Å². The molecule has 1 aliphatic rings. The molecule has 2 aromatic rings. The van der Waals surface area contributed by atoms with E-state index in [-0.39, 0.29) is 5.91 Å². The van der Waals surface area contributed by atoms with E-state index in [0.717, 1.165) is 45.6 Å². The molecule has 1 aromatic carbocycles. The minimum Gasteiger partial charge on any atom is -0.341 e. The summed E-state index contributed by atoms with van der Waals surface area (Å²) in [6.45, 7) is 4.45. The number of hydrogen-bond donors (Lipinski definition) is 0. The van der Waals surface area contributed by atoms with Gasteiger partial charge in [-0.05, 0) is 52.9 Å². The fourth-order valence-electron chi connectivity index (χ4n) is 3.17. The van der Waals surface area contributed by atoms with Crippen LogP contribution in [-0.2, 0) is 17.8 Å². The first-order valence-corrected chi connectivity index (χ1v) is 9.69. The summed E-state index contributed by atoms with van der Waals surface area (Å²) in [5.74, 6) is 0.270. The summed E-state index contributed by atoms with van der Waals surface area (Å²) >= 11 is 1.68. The van der Waals surface area contributed by atoms with Gasteiger partial charge in [0.25, 0.3) is 0 Å². The van der Waals surface area contributed by atoms with Gasteiger partial charge in [0.05, 0.1) is 11.6 Å². The Morgan fingerprint density at radius 3 is 2.64 bits per heavy atom. The average Bonchev–Trinajstić information content (AvgIpc) is 3.06. The van der Waals surface area contributed by atoms with E-state index in [1.54, 1.807) is 11.3 Å². The molecule has 1 fully saturated rings. The Bertz CT molecular complexity index is 718. The molecule has 5 heteroatoms. The minimum absolute atomic E-state index is 0.270. The molecule has 1 aliphatic heterocycles. The van der Waals surface area contributed by atoms with Crippen molar-refractivity contribution in [2.75, 3.05) is 26.2 Å². The van der Waals surface area contributed by atoms with E-state index in [1.165, 1.54) is 11.1 Å². The first-order valence-electron chi connectivity index (χ1n) is 8.75. The largest absolute Gasteiger partial charge is 0.341 e. The molecule has 25 heavy (non-hydrogen) atoms. The molecule has 130 valence electrons. The van der Waals surface area contributed by atoms with Crippen molar-refractivity contribution in [2.45, 2.75) is 25.8 Å². The molecule has 0 N–H and O–H groups in total. The Labute approximate surface area is 153 Å². The van der Waals surface area contributed by atoms with Crippen molar-refractivity contribution in [2.24, 2.45) is 0 Å². The maximum Gasteiger partial charge on any atom is 0.222 e. The third kappa shape index (κ3) is 5.15. The third-order valence-corrected chi connectivity index (χ3v) is 5.37. The molecule has 1 saturated heterocycles. The van der Waals surface area contributed by atoms with E-state index in [9.17, 15) is 4.79 Å². The van der Waals surface area contributed by atoms with Crippen LogP contribution >= 0.6 is 11.3 Å². The molecule has 0 spiro atoms. The van der Waals surface area contributed by atoms with Crippen molar-refractivity contribution in [3.05, 3.63) is 57.8 Å². The van der Waals surface area contributed by atoms with Crippen LogP contribution in [-0.4, -0.2) is 41.9 Å². The van der Waals surface area contributed by atoms with E-state index in [4.69, 9.17) is 5.26 Å². The highest BCUT2D eigenvalue weighted by molar-refractivity contribution is 7.07. The lowest BCUT2D eigenvalue weighted by molar-refractivity contribution is -0.131. The molecule has 0 atom stereocenters. The van der Waals surface area contributed by atoms with Gasteiger partial charge >= 0.3 is 0 Å². The SMILES string of the molecule is N#Cc1ccc(CN2CCCN(C(=O)CCc3ccsc3)CC2)cc1. The van der Waals surface area contributed by atoms with Gasteiger partial charge in [0.1, 0.15) is 0 Å². The van der Waals surface area contributed by atoms with Gasteiger partial charge < -0.3 is 4.90 Å². The van der Waals surface area contributed by atoms with Gasteiger partial charge in [-0.15, -0.1) is 0 Å². The Morgan fingerprint density at radius 2 is 1.92 bits per heavy atom. The predicted octanol–water partition coefficient (Wildman–Crippen LogP) is 3.29. The Balaban J connectivity index is 1.47. The second-order valence-electron chi connectivity index (χ2n) is 6.45. The Morgan fingerprint density at radius 1 is 1.08 bits per heavy atom. The lowest BCUT2D eigenvalue weighted by Gasteiger charge is -2.22. The van der Waals surface area contributed by atoms with Crippen molar-refractivity contribution < 1.29 is 4.79 Å². The third-order valence-electron chi connectivity index (χ3n) is 4.64. The maximum atomic E-state index is 12.5. The molecular weight excluding hydrogens is 330 g/mol. The molecule has 0 unspecified atom stereocenters. The molecule has 0 radical (unpaired) electrons. The topological polar surface area (TPSA) is 47.3 Å². The van der Waals surface area contributed by atoms with Gasteiger partial charge in [-0.1, -0.05) is 12.1 Å². The van der Waals surface area contributed by atoms with E-state index in [2.05, 4.69) is 27.8 Å². The lowest BCUT2D eigenvalue weighted by atomic mass is 10.1. The first kappa shape index (κ1) is 17.7. The zero-order chi connectivity index (χ0) is 17.5. The summed E-state index contributed by atoms with van der Waals surface area (Å²) in [6.07, 6.45) is 2.46. The smallest absolute Gasteiger partial charge is 0.222 e. The van der Waals surface area contributed by atoms with Crippen molar-refractivity contribution in [1.82, 2.24) is 9.80 Å². The second kappa shape index (κ2) is 8.80. The van der Waals surface area contributed by atoms with Crippen LogP contribution in [0.4, 0.5) is 0 Å². The standard InChI is InChI=1S/C20H23N3OS/c21-14-17-2-4-18(5-3-17)15-22-9-1-10-23(12-11-22)20(24)7-6-19-8-13-25-16-19/h2-5,8,13,16H,1,6-7,9-12,15H2. The summed E-state index contributed by atoms with van der Waals surface area (Å²) in [5, 5.41) is 13.1. The number of amides is 1. The van der Waals surface area contributed by atoms with Gasteiger partial charge in [-0.3, -0.25) is 9.69 Å².